The number of hydrogen-bond acceptors (Lipinski definition) is 6. The largest absolute Gasteiger partial charge is 0.495 e. The Labute approximate surface area is 234 Å². The number of hydrogen-bond donors (Lipinski definition) is 2. The number of ether oxygens (including phenoxy) is 1. The topological polar surface area (TPSA) is 111 Å². The molecule has 0 aliphatic heterocycles. The second-order valence-electron chi connectivity index (χ2n) is 8.48. The maximum Gasteiger partial charge on any atom is 0.269 e. The van der Waals surface area contributed by atoms with Gasteiger partial charge in [-0.3, -0.25) is 19.7 Å². The number of rotatable bonds is 9. The summed E-state index contributed by atoms with van der Waals surface area (Å²) in [5.74, 6) is -0.162. The molecule has 0 saturated heterocycles. The highest BCUT2D eigenvalue weighted by Gasteiger charge is 2.24. The number of thioether (sulfide) groups is 1. The first-order valence-corrected chi connectivity index (χ1v) is 13.0. The van der Waals surface area contributed by atoms with Crippen molar-refractivity contribution in [3.63, 3.8) is 0 Å². The van der Waals surface area contributed by atoms with Gasteiger partial charge in [0, 0.05) is 39.4 Å². The zero-order valence-corrected chi connectivity index (χ0v) is 22.6. The summed E-state index contributed by atoms with van der Waals surface area (Å²) in [6.45, 7) is 1.85. The number of methoxy groups -OCH3 is 1. The Morgan fingerprint density at radius 2 is 1.62 bits per heavy atom. The molecule has 8 nitrogen and oxygen atoms in total. The van der Waals surface area contributed by atoms with Crippen molar-refractivity contribution in [2.45, 2.75) is 17.1 Å². The van der Waals surface area contributed by atoms with Crippen LogP contribution in [0.1, 0.15) is 26.7 Å². The van der Waals surface area contributed by atoms with Gasteiger partial charge < -0.3 is 15.4 Å². The third-order valence-electron chi connectivity index (χ3n) is 5.79. The van der Waals surface area contributed by atoms with E-state index in [2.05, 4.69) is 10.6 Å². The molecule has 4 rings (SSSR count). The van der Waals surface area contributed by atoms with Gasteiger partial charge in [-0.25, -0.2) is 0 Å². The number of nitrogens with zero attached hydrogens (tertiary/aromatic N) is 1. The fourth-order valence-corrected chi connectivity index (χ4v) is 4.90. The number of halogens is 1. The van der Waals surface area contributed by atoms with Crippen molar-refractivity contribution < 1.29 is 19.2 Å². The van der Waals surface area contributed by atoms with Crippen molar-refractivity contribution in [3.05, 3.63) is 123 Å². The lowest BCUT2D eigenvalue weighted by Crippen LogP contribution is -2.19. The monoisotopic (exact) mass is 561 g/mol. The third-order valence-corrected chi connectivity index (χ3v) is 7.46. The van der Waals surface area contributed by atoms with Crippen molar-refractivity contribution in [2.24, 2.45) is 0 Å². The van der Waals surface area contributed by atoms with E-state index >= 15 is 0 Å². The van der Waals surface area contributed by atoms with Crippen LogP contribution in [0.5, 0.6) is 5.75 Å². The number of carbonyl (C=O) groups is 2. The average molecular weight is 562 g/mol. The number of aryl methyl sites for hydroxylation is 1. The second kappa shape index (κ2) is 12.5. The fourth-order valence-electron chi connectivity index (χ4n) is 3.72. The van der Waals surface area contributed by atoms with E-state index in [0.717, 1.165) is 16.0 Å². The maximum atomic E-state index is 13.5. The molecular weight excluding hydrogens is 538 g/mol. The summed E-state index contributed by atoms with van der Waals surface area (Å²) in [5.41, 5.74) is 2.91. The van der Waals surface area contributed by atoms with Gasteiger partial charge in [-0.05, 0) is 60.5 Å². The quantitative estimate of drug-likeness (QED) is 0.126. The molecule has 0 bridgehead atoms. The summed E-state index contributed by atoms with van der Waals surface area (Å²) >= 11 is 7.58. The molecular formula is C29H24ClN3O5S. The fraction of sp³-hybridized carbons (Fsp3) is 0.103. The van der Waals surface area contributed by atoms with E-state index in [9.17, 15) is 19.7 Å². The molecule has 0 aliphatic rings. The summed E-state index contributed by atoms with van der Waals surface area (Å²) in [7, 11) is 1.52. The minimum Gasteiger partial charge on any atom is -0.495 e. The van der Waals surface area contributed by atoms with Gasteiger partial charge in [0.15, 0.2) is 0 Å². The predicted molar refractivity (Wildman–Crippen MR) is 154 cm³/mol. The van der Waals surface area contributed by atoms with E-state index in [-0.39, 0.29) is 17.5 Å². The maximum absolute atomic E-state index is 13.5. The van der Waals surface area contributed by atoms with Gasteiger partial charge in [-0.15, -0.1) is 11.8 Å². The third kappa shape index (κ3) is 6.95. The Morgan fingerprint density at radius 1 is 0.949 bits per heavy atom. The predicted octanol–water partition coefficient (Wildman–Crippen LogP) is 7.29. The van der Waals surface area contributed by atoms with Crippen LogP contribution >= 0.6 is 23.4 Å². The summed E-state index contributed by atoms with van der Waals surface area (Å²) in [6.07, 6.45) is 0. The molecule has 0 heterocycles. The lowest BCUT2D eigenvalue weighted by molar-refractivity contribution is -0.384. The molecule has 0 aromatic heterocycles. The molecule has 1 unspecified atom stereocenters. The van der Waals surface area contributed by atoms with Crippen molar-refractivity contribution in [1.29, 1.82) is 0 Å². The lowest BCUT2D eigenvalue weighted by atomic mass is 10.1. The van der Waals surface area contributed by atoms with Crippen molar-refractivity contribution in [3.8, 4) is 5.75 Å². The number of nitrogens with one attached hydrogen (secondary N) is 2. The van der Waals surface area contributed by atoms with Gasteiger partial charge in [-0.2, -0.15) is 0 Å². The Morgan fingerprint density at radius 3 is 2.23 bits per heavy atom. The molecule has 0 aliphatic carbocycles. The van der Waals surface area contributed by atoms with Gasteiger partial charge in [0.2, 0.25) is 5.91 Å². The van der Waals surface area contributed by atoms with Crippen LogP contribution in [0.15, 0.2) is 95.9 Å². The molecule has 10 heteroatoms. The van der Waals surface area contributed by atoms with Gasteiger partial charge >= 0.3 is 0 Å². The molecule has 198 valence electrons. The molecule has 2 amide bonds. The van der Waals surface area contributed by atoms with E-state index in [1.54, 1.807) is 24.3 Å². The minimum absolute atomic E-state index is 0.0884. The minimum atomic E-state index is -0.576. The van der Waals surface area contributed by atoms with Crippen molar-refractivity contribution in [2.75, 3.05) is 17.7 Å². The van der Waals surface area contributed by atoms with Gasteiger partial charge in [-0.1, -0.05) is 41.9 Å². The number of non-ortho nitro benzene ring substituents is 1. The Bertz CT molecular complexity index is 1500. The Balaban J connectivity index is 1.50. The number of anilines is 2. The highest BCUT2D eigenvalue weighted by Crippen LogP contribution is 2.38. The molecule has 1 atom stereocenters. The van der Waals surface area contributed by atoms with E-state index < -0.39 is 10.2 Å². The number of benzene rings is 4. The second-order valence-corrected chi connectivity index (χ2v) is 10.1. The van der Waals surface area contributed by atoms with Crippen LogP contribution in [-0.4, -0.2) is 23.8 Å². The van der Waals surface area contributed by atoms with Crippen LogP contribution in [0.4, 0.5) is 17.1 Å². The van der Waals surface area contributed by atoms with Crippen LogP contribution in [-0.2, 0) is 4.79 Å². The van der Waals surface area contributed by atoms with Crippen LogP contribution in [0, 0.1) is 17.0 Å². The van der Waals surface area contributed by atoms with E-state index in [1.807, 2.05) is 49.4 Å². The number of nitro benzene ring substituents is 1. The molecule has 0 spiro atoms. The molecule has 0 radical (unpaired) electrons. The highest BCUT2D eigenvalue weighted by molar-refractivity contribution is 8.00. The smallest absolute Gasteiger partial charge is 0.269 e. The van der Waals surface area contributed by atoms with Crippen molar-refractivity contribution >= 4 is 52.2 Å². The number of carbonyl (C=O) groups excluding carboxylic acids is 2. The molecule has 4 aromatic carbocycles. The Hall–Kier alpha value is -4.34. The normalized spacial score (nSPS) is 11.4. The molecule has 0 fully saturated rings. The molecule has 2 N–H and O–H groups in total. The summed E-state index contributed by atoms with van der Waals surface area (Å²) in [5, 5.41) is 16.5. The van der Waals surface area contributed by atoms with Crippen LogP contribution in [0.3, 0.4) is 0 Å². The first-order valence-electron chi connectivity index (χ1n) is 11.8. The first kappa shape index (κ1) is 27.7. The van der Waals surface area contributed by atoms with Crippen LogP contribution < -0.4 is 15.4 Å². The number of nitro groups is 1. The summed E-state index contributed by atoms with van der Waals surface area (Å²) in [4.78, 5) is 37.2. The Kier molecular flexibility index (Phi) is 8.85. The summed E-state index contributed by atoms with van der Waals surface area (Å²) in [6, 6.07) is 25.3. The number of amides is 2. The zero-order chi connectivity index (χ0) is 27.9. The molecule has 39 heavy (non-hydrogen) atoms. The molecule has 4 aromatic rings. The lowest BCUT2D eigenvalue weighted by Gasteiger charge is -2.19. The van der Waals surface area contributed by atoms with E-state index in [0.29, 0.717) is 27.7 Å². The van der Waals surface area contributed by atoms with Gasteiger partial charge in [0.25, 0.3) is 11.6 Å². The first-order chi connectivity index (χ1) is 18.7. The average Bonchev–Trinajstić information content (AvgIpc) is 2.94. The highest BCUT2D eigenvalue weighted by atomic mass is 35.5. The van der Waals surface area contributed by atoms with E-state index in [1.165, 1.54) is 43.1 Å². The van der Waals surface area contributed by atoms with Crippen molar-refractivity contribution in [1.82, 2.24) is 0 Å². The standard InChI is InChI=1S/C29H24ClN3O5S/c1-18-16-25(26(38-2)17-24(18)30)32-29(35)27(19-6-4-3-5-7-19)39-23-14-10-21(11-15-23)31-28(34)20-8-12-22(13-9-20)33(36)37/h3-17,27H,1-2H3,(H,31,34)(H,32,35). The van der Waals surface area contributed by atoms with E-state index in [4.69, 9.17) is 16.3 Å². The van der Waals surface area contributed by atoms with Crippen LogP contribution in [0.25, 0.3) is 0 Å². The zero-order valence-electron chi connectivity index (χ0n) is 21.0. The van der Waals surface area contributed by atoms with Gasteiger partial charge in [0.05, 0.1) is 17.7 Å². The molecule has 0 saturated carbocycles. The van der Waals surface area contributed by atoms with Gasteiger partial charge in [0.1, 0.15) is 11.0 Å². The summed E-state index contributed by atoms with van der Waals surface area (Å²) < 4.78 is 5.41. The van der Waals surface area contributed by atoms with Crippen LogP contribution in [0.2, 0.25) is 5.02 Å². The SMILES string of the molecule is COc1cc(Cl)c(C)cc1NC(=O)C(Sc1ccc(NC(=O)c2ccc([N+](=O)[O-])cc2)cc1)c1ccccc1.